The van der Waals surface area contributed by atoms with Crippen molar-refractivity contribution in [3.05, 3.63) is 83.0 Å². The van der Waals surface area contributed by atoms with Gasteiger partial charge in [0.2, 0.25) is 0 Å². The Bertz CT molecular complexity index is 874. The SMILES string of the molecule is Cc1cc(-c2ccc3c(n2)CCNC3)ccc1OCc1ccccc1. The van der Waals surface area contributed by atoms with E-state index in [9.17, 15) is 0 Å². The lowest BCUT2D eigenvalue weighted by Gasteiger charge is -2.17. The Morgan fingerprint density at radius 1 is 1.04 bits per heavy atom. The molecule has 3 heteroatoms. The van der Waals surface area contributed by atoms with Crippen molar-refractivity contribution in [3.8, 4) is 17.0 Å². The topological polar surface area (TPSA) is 34.2 Å². The van der Waals surface area contributed by atoms with Gasteiger partial charge in [-0.3, -0.25) is 4.98 Å². The van der Waals surface area contributed by atoms with Crippen LogP contribution in [-0.2, 0) is 19.6 Å². The quantitative estimate of drug-likeness (QED) is 0.775. The van der Waals surface area contributed by atoms with Crippen LogP contribution in [0, 0.1) is 6.92 Å². The molecule has 0 amide bonds. The smallest absolute Gasteiger partial charge is 0.122 e. The fourth-order valence-electron chi connectivity index (χ4n) is 3.20. The van der Waals surface area contributed by atoms with Gasteiger partial charge in [-0.05, 0) is 47.9 Å². The summed E-state index contributed by atoms with van der Waals surface area (Å²) < 4.78 is 5.98. The number of fused-ring (bicyclic) bond motifs is 1. The molecule has 0 radical (unpaired) electrons. The molecule has 2 aromatic carbocycles. The van der Waals surface area contributed by atoms with Crippen molar-refractivity contribution in [3.63, 3.8) is 0 Å². The van der Waals surface area contributed by atoms with E-state index in [1.807, 2.05) is 18.2 Å². The summed E-state index contributed by atoms with van der Waals surface area (Å²) in [5.41, 5.74) is 7.03. The molecule has 126 valence electrons. The summed E-state index contributed by atoms with van der Waals surface area (Å²) in [6, 6.07) is 20.9. The maximum Gasteiger partial charge on any atom is 0.122 e. The molecule has 1 aliphatic rings. The van der Waals surface area contributed by atoms with Crippen LogP contribution in [-0.4, -0.2) is 11.5 Å². The molecule has 0 saturated carbocycles. The first-order valence-corrected chi connectivity index (χ1v) is 8.77. The summed E-state index contributed by atoms with van der Waals surface area (Å²) in [7, 11) is 0. The van der Waals surface area contributed by atoms with Crippen molar-refractivity contribution < 1.29 is 4.74 Å². The summed E-state index contributed by atoms with van der Waals surface area (Å²) >= 11 is 0. The minimum Gasteiger partial charge on any atom is -0.489 e. The maximum atomic E-state index is 5.98. The van der Waals surface area contributed by atoms with Gasteiger partial charge in [0.15, 0.2) is 0 Å². The molecule has 0 aliphatic carbocycles. The summed E-state index contributed by atoms with van der Waals surface area (Å²) in [5.74, 6) is 0.926. The number of hydrogen-bond acceptors (Lipinski definition) is 3. The predicted molar refractivity (Wildman–Crippen MR) is 101 cm³/mol. The molecule has 1 aromatic heterocycles. The van der Waals surface area contributed by atoms with E-state index in [1.54, 1.807) is 0 Å². The van der Waals surface area contributed by atoms with E-state index in [0.29, 0.717) is 6.61 Å². The van der Waals surface area contributed by atoms with Crippen molar-refractivity contribution in [2.24, 2.45) is 0 Å². The number of benzene rings is 2. The van der Waals surface area contributed by atoms with Crippen molar-refractivity contribution in [2.45, 2.75) is 26.5 Å². The van der Waals surface area contributed by atoms with Gasteiger partial charge in [0.05, 0.1) is 5.69 Å². The number of hydrogen-bond donors (Lipinski definition) is 1. The third-order valence-corrected chi connectivity index (χ3v) is 4.63. The lowest BCUT2D eigenvalue weighted by molar-refractivity contribution is 0.304. The standard InChI is InChI=1S/C22H22N2O/c1-16-13-18(20-9-7-19-14-23-12-11-21(19)24-20)8-10-22(16)25-15-17-5-3-2-4-6-17/h2-10,13,23H,11-12,14-15H2,1H3. The van der Waals surface area contributed by atoms with Crippen LogP contribution in [0.5, 0.6) is 5.75 Å². The molecule has 0 unspecified atom stereocenters. The van der Waals surface area contributed by atoms with E-state index in [2.05, 4.69) is 54.7 Å². The lowest BCUT2D eigenvalue weighted by Crippen LogP contribution is -2.24. The fraction of sp³-hybridized carbons (Fsp3) is 0.227. The first-order valence-electron chi connectivity index (χ1n) is 8.77. The van der Waals surface area contributed by atoms with Crippen LogP contribution < -0.4 is 10.1 Å². The van der Waals surface area contributed by atoms with E-state index in [4.69, 9.17) is 9.72 Å². The van der Waals surface area contributed by atoms with E-state index in [0.717, 1.165) is 42.1 Å². The Morgan fingerprint density at radius 2 is 1.92 bits per heavy atom. The molecule has 25 heavy (non-hydrogen) atoms. The Labute approximate surface area is 148 Å². The number of ether oxygens (including phenoxy) is 1. The highest BCUT2D eigenvalue weighted by Gasteiger charge is 2.12. The van der Waals surface area contributed by atoms with Gasteiger partial charge < -0.3 is 10.1 Å². The van der Waals surface area contributed by atoms with Crippen LogP contribution in [0.2, 0.25) is 0 Å². The highest BCUT2D eigenvalue weighted by Crippen LogP contribution is 2.27. The second-order valence-corrected chi connectivity index (χ2v) is 6.48. The summed E-state index contributed by atoms with van der Waals surface area (Å²) in [4.78, 5) is 4.87. The third-order valence-electron chi connectivity index (χ3n) is 4.63. The zero-order valence-corrected chi connectivity index (χ0v) is 14.5. The Kier molecular flexibility index (Phi) is 4.49. The van der Waals surface area contributed by atoms with Gasteiger partial charge >= 0.3 is 0 Å². The van der Waals surface area contributed by atoms with Gasteiger partial charge in [0, 0.05) is 30.8 Å². The van der Waals surface area contributed by atoms with Gasteiger partial charge in [0.1, 0.15) is 12.4 Å². The average molecular weight is 330 g/mol. The molecule has 3 nitrogen and oxygen atoms in total. The van der Waals surface area contributed by atoms with Crippen LogP contribution in [0.15, 0.2) is 60.7 Å². The molecular weight excluding hydrogens is 308 g/mol. The largest absolute Gasteiger partial charge is 0.489 e. The Hall–Kier alpha value is -2.65. The summed E-state index contributed by atoms with van der Waals surface area (Å²) in [6.07, 6.45) is 1.00. The number of aromatic nitrogens is 1. The van der Waals surface area contributed by atoms with Crippen LogP contribution in [0.25, 0.3) is 11.3 Å². The van der Waals surface area contributed by atoms with Gasteiger partial charge in [-0.15, -0.1) is 0 Å². The highest BCUT2D eigenvalue weighted by atomic mass is 16.5. The van der Waals surface area contributed by atoms with Crippen molar-refractivity contribution in [1.29, 1.82) is 0 Å². The average Bonchev–Trinajstić information content (AvgIpc) is 2.67. The maximum absolute atomic E-state index is 5.98. The summed E-state index contributed by atoms with van der Waals surface area (Å²) in [6.45, 7) is 4.61. The first kappa shape index (κ1) is 15.9. The molecule has 0 saturated heterocycles. The molecule has 2 heterocycles. The van der Waals surface area contributed by atoms with Gasteiger partial charge in [-0.1, -0.05) is 36.4 Å². The molecule has 0 spiro atoms. The molecule has 3 aromatic rings. The minimum atomic E-state index is 0.588. The normalized spacial score (nSPS) is 13.3. The van der Waals surface area contributed by atoms with Crippen LogP contribution in [0.4, 0.5) is 0 Å². The fourth-order valence-corrected chi connectivity index (χ4v) is 3.20. The van der Waals surface area contributed by atoms with E-state index in [1.165, 1.54) is 16.8 Å². The first-order chi connectivity index (χ1) is 12.3. The number of rotatable bonds is 4. The van der Waals surface area contributed by atoms with Crippen LogP contribution in [0.3, 0.4) is 0 Å². The monoisotopic (exact) mass is 330 g/mol. The summed E-state index contributed by atoms with van der Waals surface area (Å²) in [5, 5.41) is 3.39. The number of nitrogens with one attached hydrogen (secondary N) is 1. The predicted octanol–water partition coefficient (Wildman–Crippen LogP) is 4.28. The molecule has 1 N–H and O–H groups in total. The molecule has 0 bridgehead atoms. The molecular formula is C22H22N2O. The second kappa shape index (κ2) is 7.08. The van der Waals surface area contributed by atoms with Gasteiger partial charge in [0.25, 0.3) is 0 Å². The third kappa shape index (κ3) is 3.57. The Balaban J connectivity index is 1.53. The van der Waals surface area contributed by atoms with Crippen molar-refractivity contribution in [1.82, 2.24) is 10.3 Å². The highest BCUT2D eigenvalue weighted by molar-refractivity contribution is 5.62. The molecule has 0 fully saturated rings. The van der Waals surface area contributed by atoms with Crippen LogP contribution in [0.1, 0.15) is 22.4 Å². The lowest BCUT2D eigenvalue weighted by atomic mass is 10.0. The van der Waals surface area contributed by atoms with Gasteiger partial charge in [-0.25, -0.2) is 0 Å². The van der Waals surface area contributed by atoms with E-state index >= 15 is 0 Å². The minimum absolute atomic E-state index is 0.588. The zero-order valence-electron chi connectivity index (χ0n) is 14.5. The van der Waals surface area contributed by atoms with Crippen LogP contribution >= 0.6 is 0 Å². The number of pyridine rings is 1. The molecule has 4 rings (SSSR count). The number of aryl methyl sites for hydroxylation is 1. The Morgan fingerprint density at radius 3 is 2.76 bits per heavy atom. The second-order valence-electron chi connectivity index (χ2n) is 6.48. The van der Waals surface area contributed by atoms with E-state index < -0.39 is 0 Å². The number of nitrogens with zero attached hydrogens (tertiary/aromatic N) is 1. The van der Waals surface area contributed by atoms with Crippen molar-refractivity contribution in [2.75, 3.05) is 6.54 Å². The molecule has 1 aliphatic heterocycles. The van der Waals surface area contributed by atoms with Gasteiger partial charge in [-0.2, -0.15) is 0 Å². The zero-order chi connectivity index (χ0) is 17.1. The van der Waals surface area contributed by atoms with E-state index in [-0.39, 0.29) is 0 Å². The molecule has 0 atom stereocenters. The van der Waals surface area contributed by atoms with Crippen molar-refractivity contribution >= 4 is 0 Å².